The standard InChI is InChI=1S/C16H20N2OS/c1-11(2)14-10-20-15(18-14)8-9-17-16(19)13-6-4-12(3)5-7-13/h4-7,10-11H,8-9H2,1-3H3,(H,17,19). The molecule has 0 saturated heterocycles. The van der Waals surface area contributed by atoms with Gasteiger partial charge in [-0.2, -0.15) is 0 Å². The summed E-state index contributed by atoms with van der Waals surface area (Å²) in [6.45, 7) is 6.91. The molecule has 0 spiro atoms. The van der Waals surface area contributed by atoms with E-state index < -0.39 is 0 Å². The molecule has 0 bridgehead atoms. The van der Waals surface area contributed by atoms with Gasteiger partial charge in [0.25, 0.3) is 5.91 Å². The summed E-state index contributed by atoms with van der Waals surface area (Å²) >= 11 is 1.66. The Morgan fingerprint density at radius 3 is 2.60 bits per heavy atom. The number of thiazole rings is 1. The van der Waals surface area contributed by atoms with Crippen LogP contribution in [0, 0.1) is 6.92 Å². The molecule has 20 heavy (non-hydrogen) atoms. The van der Waals surface area contributed by atoms with E-state index in [1.54, 1.807) is 11.3 Å². The van der Waals surface area contributed by atoms with Crippen molar-refractivity contribution in [1.82, 2.24) is 10.3 Å². The Morgan fingerprint density at radius 1 is 1.30 bits per heavy atom. The lowest BCUT2D eigenvalue weighted by molar-refractivity contribution is 0.0954. The first kappa shape index (κ1) is 14.7. The molecule has 0 aliphatic heterocycles. The zero-order chi connectivity index (χ0) is 14.5. The molecule has 0 aliphatic carbocycles. The van der Waals surface area contributed by atoms with Gasteiger partial charge in [-0.1, -0.05) is 31.5 Å². The van der Waals surface area contributed by atoms with Gasteiger partial charge in [0.05, 0.1) is 10.7 Å². The average Bonchev–Trinajstić information content (AvgIpc) is 2.88. The van der Waals surface area contributed by atoms with E-state index >= 15 is 0 Å². The maximum absolute atomic E-state index is 11.9. The van der Waals surface area contributed by atoms with Crippen LogP contribution in [0.2, 0.25) is 0 Å². The summed E-state index contributed by atoms with van der Waals surface area (Å²) in [5, 5.41) is 6.11. The second-order valence-electron chi connectivity index (χ2n) is 5.19. The Kier molecular flexibility index (Phi) is 4.90. The van der Waals surface area contributed by atoms with Crippen LogP contribution in [0.25, 0.3) is 0 Å². The van der Waals surface area contributed by atoms with Crippen molar-refractivity contribution in [1.29, 1.82) is 0 Å². The molecule has 4 heteroatoms. The quantitative estimate of drug-likeness (QED) is 0.914. The molecule has 0 aliphatic rings. The Hall–Kier alpha value is -1.68. The molecule has 1 heterocycles. The van der Waals surface area contributed by atoms with Crippen molar-refractivity contribution >= 4 is 17.2 Å². The predicted molar refractivity (Wildman–Crippen MR) is 83.4 cm³/mol. The maximum atomic E-state index is 11.9. The number of carbonyl (C=O) groups excluding carboxylic acids is 1. The maximum Gasteiger partial charge on any atom is 0.251 e. The molecule has 0 atom stereocenters. The largest absolute Gasteiger partial charge is 0.352 e. The summed E-state index contributed by atoms with van der Waals surface area (Å²) in [5.74, 6) is 0.438. The molecule has 106 valence electrons. The van der Waals surface area contributed by atoms with Gasteiger partial charge in [0.1, 0.15) is 0 Å². The molecule has 0 radical (unpaired) electrons. The van der Waals surface area contributed by atoms with E-state index in [-0.39, 0.29) is 5.91 Å². The molecule has 0 fully saturated rings. The van der Waals surface area contributed by atoms with Crippen molar-refractivity contribution in [3.8, 4) is 0 Å². The number of benzene rings is 1. The molecule has 2 aromatic rings. The Labute approximate surface area is 124 Å². The van der Waals surface area contributed by atoms with E-state index in [1.165, 1.54) is 0 Å². The lowest BCUT2D eigenvalue weighted by Gasteiger charge is -2.04. The number of carbonyl (C=O) groups is 1. The van der Waals surface area contributed by atoms with Crippen molar-refractivity contribution in [2.24, 2.45) is 0 Å². The van der Waals surface area contributed by atoms with E-state index in [0.717, 1.165) is 22.7 Å². The second-order valence-corrected chi connectivity index (χ2v) is 6.14. The van der Waals surface area contributed by atoms with Gasteiger partial charge in [0.2, 0.25) is 0 Å². The zero-order valence-corrected chi connectivity index (χ0v) is 13.0. The van der Waals surface area contributed by atoms with Gasteiger partial charge >= 0.3 is 0 Å². The molecule has 0 unspecified atom stereocenters. The molecular formula is C16H20N2OS. The van der Waals surface area contributed by atoms with Gasteiger partial charge in [-0.05, 0) is 25.0 Å². The van der Waals surface area contributed by atoms with E-state index in [1.807, 2.05) is 31.2 Å². The number of amides is 1. The Balaban J connectivity index is 1.83. The second kappa shape index (κ2) is 6.66. The highest BCUT2D eigenvalue weighted by Crippen LogP contribution is 2.17. The fraction of sp³-hybridized carbons (Fsp3) is 0.375. The molecule has 1 aromatic heterocycles. The Bertz CT molecular complexity index is 572. The average molecular weight is 288 g/mol. The van der Waals surface area contributed by atoms with Crippen LogP contribution in [-0.2, 0) is 6.42 Å². The first-order valence-corrected chi connectivity index (χ1v) is 7.73. The lowest BCUT2D eigenvalue weighted by Crippen LogP contribution is -2.25. The summed E-state index contributed by atoms with van der Waals surface area (Å²) in [4.78, 5) is 16.5. The molecule has 3 nitrogen and oxygen atoms in total. The monoisotopic (exact) mass is 288 g/mol. The van der Waals surface area contributed by atoms with Gasteiger partial charge in [0.15, 0.2) is 0 Å². The van der Waals surface area contributed by atoms with Gasteiger partial charge in [0, 0.05) is 23.9 Å². The van der Waals surface area contributed by atoms with Gasteiger partial charge in [-0.15, -0.1) is 11.3 Å². The summed E-state index contributed by atoms with van der Waals surface area (Å²) < 4.78 is 0. The summed E-state index contributed by atoms with van der Waals surface area (Å²) in [7, 11) is 0. The smallest absolute Gasteiger partial charge is 0.251 e. The molecular weight excluding hydrogens is 268 g/mol. The lowest BCUT2D eigenvalue weighted by atomic mass is 10.1. The van der Waals surface area contributed by atoms with Crippen LogP contribution in [0.4, 0.5) is 0 Å². The predicted octanol–water partition coefficient (Wildman–Crippen LogP) is 3.55. The minimum absolute atomic E-state index is 0.0226. The third kappa shape index (κ3) is 3.90. The highest BCUT2D eigenvalue weighted by atomic mass is 32.1. The minimum atomic E-state index is -0.0226. The van der Waals surface area contributed by atoms with Gasteiger partial charge < -0.3 is 5.32 Å². The molecule has 1 N–H and O–H groups in total. The van der Waals surface area contributed by atoms with E-state index in [9.17, 15) is 4.79 Å². The minimum Gasteiger partial charge on any atom is -0.352 e. The van der Waals surface area contributed by atoms with Crippen molar-refractivity contribution in [3.05, 3.63) is 51.5 Å². The SMILES string of the molecule is Cc1ccc(C(=O)NCCc2nc(C(C)C)cs2)cc1. The number of aromatic nitrogens is 1. The number of aryl methyl sites for hydroxylation is 1. The van der Waals surface area contributed by atoms with Crippen LogP contribution in [0.15, 0.2) is 29.6 Å². The Morgan fingerprint density at radius 2 is 2.00 bits per heavy atom. The molecule has 1 aromatic carbocycles. The number of nitrogens with one attached hydrogen (secondary N) is 1. The molecule has 1 amide bonds. The highest BCUT2D eigenvalue weighted by molar-refractivity contribution is 7.09. The molecule has 2 rings (SSSR count). The number of hydrogen-bond acceptors (Lipinski definition) is 3. The van der Waals surface area contributed by atoms with Crippen molar-refractivity contribution in [2.45, 2.75) is 33.1 Å². The van der Waals surface area contributed by atoms with Crippen LogP contribution in [0.1, 0.15) is 46.4 Å². The number of nitrogens with zero attached hydrogens (tertiary/aromatic N) is 1. The topological polar surface area (TPSA) is 42.0 Å². The normalized spacial score (nSPS) is 10.8. The van der Waals surface area contributed by atoms with Crippen LogP contribution >= 0.6 is 11.3 Å². The summed E-state index contributed by atoms with van der Waals surface area (Å²) in [5.41, 5.74) is 3.00. The summed E-state index contributed by atoms with van der Waals surface area (Å²) in [6.07, 6.45) is 0.787. The van der Waals surface area contributed by atoms with E-state index in [4.69, 9.17) is 0 Å². The number of hydrogen-bond donors (Lipinski definition) is 1. The van der Waals surface area contributed by atoms with E-state index in [0.29, 0.717) is 18.0 Å². The van der Waals surface area contributed by atoms with Crippen LogP contribution in [-0.4, -0.2) is 17.4 Å². The van der Waals surface area contributed by atoms with Crippen LogP contribution < -0.4 is 5.32 Å². The van der Waals surface area contributed by atoms with Crippen LogP contribution in [0.3, 0.4) is 0 Å². The first-order chi connectivity index (χ1) is 9.56. The fourth-order valence-electron chi connectivity index (χ4n) is 1.80. The first-order valence-electron chi connectivity index (χ1n) is 6.85. The highest BCUT2D eigenvalue weighted by Gasteiger charge is 2.07. The van der Waals surface area contributed by atoms with Gasteiger partial charge in [-0.3, -0.25) is 4.79 Å². The molecule has 0 saturated carbocycles. The number of rotatable bonds is 5. The van der Waals surface area contributed by atoms with Crippen molar-refractivity contribution in [2.75, 3.05) is 6.54 Å². The third-order valence-electron chi connectivity index (χ3n) is 3.10. The summed E-state index contributed by atoms with van der Waals surface area (Å²) in [6, 6.07) is 7.60. The fourth-order valence-corrected chi connectivity index (χ4v) is 2.75. The van der Waals surface area contributed by atoms with Crippen LogP contribution in [0.5, 0.6) is 0 Å². The van der Waals surface area contributed by atoms with Crippen molar-refractivity contribution in [3.63, 3.8) is 0 Å². The van der Waals surface area contributed by atoms with E-state index in [2.05, 4.69) is 29.5 Å². The zero-order valence-electron chi connectivity index (χ0n) is 12.1. The van der Waals surface area contributed by atoms with Gasteiger partial charge in [-0.25, -0.2) is 4.98 Å². The third-order valence-corrected chi connectivity index (χ3v) is 4.03. The van der Waals surface area contributed by atoms with Crippen molar-refractivity contribution < 1.29 is 4.79 Å².